The van der Waals surface area contributed by atoms with Crippen molar-refractivity contribution in [1.82, 2.24) is 5.32 Å². The highest BCUT2D eigenvalue weighted by Gasteiger charge is 2.29. The van der Waals surface area contributed by atoms with Crippen LogP contribution >= 0.6 is 23.2 Å². The van der Waals surface area contributed by atoms with Gasteiger partial charge in [0.2, 0.25) is 0 Å². The molecule has 1 aliphatic rings. The Balaban J connectivity index is 2.06. The standard InChI is InChI=1S/C14H17Cl2NO4/c15-9-2-1-3-10(16)13(9)14(19)17-11-4-6-20-8-12(11)21-7-5-18/h1-3,11-12,18H,4-8H2,(H,17,19)/t11-,12-/m1/s1. The van der Waals surface area contributed by atoms with Gasteiger partial charge >= 0.3 is 0 Å². The van der Waals surface area contributed by atoms with Crippen LogP contribution in [0.5, 0.6) is 0 Å². The average Bonchev–Trinajstić information content (AvgIpc) is 2.46. The third-order valence-corrected chi connectivity index (χ3v) is 3.86. The molecule has 0 saturated carbocycles. The topological polar surface area (TPSA) is 67.8 Å². The van der Waals surface area contributed by atoms with E-state index in [2.05, 4.69) is 5.32 Å². The van der Waals surface area contributed by atoms with Gasteiger partial charge in [0.15, 0.2) is 0 Å². The molecule has 1 aromatic carbocycles. The summed E-state index contributed by atoms with van der Waals surface area (Å²) in [5.74, 6) is -0.338. The second-order valence-electron chi connectivity index (χ2n) is 4.67. The normalized spacial score (nSPS) is 22.0. The third-order valence-electron chi connectivity index (χ3n) is 3.23. The molecule has 1 fully saturated rings. The van der Waals surface area contributed by atoms with Crippen LogP contribution in [0.2, 0.25) is 10.0 Å². The molecule has 2 atom stereocenters. The molecule has 0 aliphatic carbocycles. The van der Waals surface area contributed by atoms with Crippen LogP contribution in [0.25, 0.3) is 0 Å². The quantitative estimate of drug-likeness (QED) is 0.863. The summed E-state index contributed by atoms with van der Waals surface area (Å²) >= 11 is 12.1. The van der Waals surface area contributed by atoms with E-state index in [0.29, 0.717) is 29.7 Å². The molecule has 0 aromatic heterocycles. The number of carbonyl (C=O) groups excluding carboxylic acids is 1. The molecule has 2 N–H and O–H groups in total. The summed E-state index contributed by atoms with van der Waals surface area (Å²) in [7, 11) is 0. The lowest BCUT2D eigenvalue weighted by atomic mass is 10.1. The van der Waals surface area contributed by atoms with Crippen molar-refractivity contribution < 1.29 is 19.4 Å². The number of amides is 1. The van der Waals surface area contributed by atoms with Gasteiger partial charge < -0.3 is 19.9 Å². The zero-order chi connectivity index (χ0) is 15.2. The molecule has 1 aromatic rings. The minimum Gasteiger partial charge on any atom is -0.394 e. The number of ether oxygens (including phenoxy) is 2. The summed E-state index contributed by atoms with van der Waals surface area (Å²) in [5.41, 5.74) is 0.258. The number of rotatable bonds is 5. The fourth-order valence-electron chi connectivity index (χ4n) is 2.20. The zero-order valence-electron chi connectivity index (χ0n) is 11.4. The number of aliphatic hydroxyl groups is 1. The summed E-state index contributed by atoms with van der Waals surface area (Å²) in [6, 6.07) is 4.71. The molecular formula is C14H17Cl2NO4. The number of hydrogen-bond donors (Lipinski definition) is 2. The highest BCUT2D eigenvalue weighted by molar-refractivity contribution is 6.39. The lowest BCUT2D eigenvalue weighted by molar-refractivity contribution is -0.0737. The summed E-state index contributed by atoms with van der Waals surface area (Å²) < 4.78 is 10.8. The van der Waals surface area contributed by atoms with Crippen molar-refractivity contribution in [2.75, 3.05) is 26.4 Å². The summed E-state index contributed by atoms with van der Waals surface area (Å²) in [6.45, 7) is 1.04. The third kappa shape index (κ3) is 4.31. The number of halogens is 2. The molecule has 0 spiro atoms. The Morgan fingerprint density at radius 1 is 1.43 bits per heavy atom. The van der Waals surface area contributed by atoms with Gasteiger partial charge in [-0.2, -0.15) is 0 Å². The van der Waals surface area contributed by atoms with Crippen molar-refractivity contribution in [3.05, 3.63) is 33.8 Å². The van der Waals surface area contributed by atoms with E-state index in [1.165, 1.54) is 0 Å². The van der Waals surface area contributed by atoms with Crippen molar-refractivity contribution in [3.8, 4) is 0 Å². The van der Waals surface area contributed by atoms with Crippen LogP contribution in [0.4, 0.5) is 0 Å². The van der Waals surface area contributed by atoms with Gasteiger partial charge in [-0.25, -0.2) is 0 Å². The van der Waals surface area contributed by atoms with Gasteiger partial charge in [-0.05, 0) is 18.6 Å². The Kier molecular flexibility index (Phi) is 6.26. The summed E-state index contributed by atoms with van der Waals surface area (Å²) in [4.78, 5) is 12.3. The lowest BCUT2D eigenvalue weighted by Gasteiger charge is -2.32. The monoisotopic (exact) mass is 333 g/mol. The van der Waals surface area contributed by atoms with Gasteiger partial charge in [0.25, 0.3) is 5.91 Å². The van der Waals surface area contributed by atoms with Crippen LogP contribution in [0.1, 0.15) is 16.8 Å². The molecule has 1 aliphatic heterocycles. The van der Waals surface area contributed by atoms with Crippen LogP contribution in [-0.2, 0) is 9.47 Å². The van der Waals surface area contributed by atoms with E-state index >= 15 is 0 Å². The largest absolute Gasteiger partial charge is 0.394 e. The average molecular weight is 334 g/mol. The Morgan fingerprint density at radius 2 is 2.14 bits per heavy atom. The van der Waals surface area contributed by atoms with Crippen LogP contribution in [0.15, 0.2) is 18.2 Å². The molecule has 21 heavy (non-hydrogen) atoms. The molecule has 1 heterocycles. The van der Waals surface area contributed by atoms with Crippen LogP contribution in [-0.4, -0.2) is 49.6 Å². The first-order valence-corrected chi connectivity index (χ1v) is 7.44. The lowest BCUT2D eigenvalue weighted by Crippen LogP contribution is -2.50. The Hall–Kier alpha value is -0.850. The first-order chi connectivity index (χ1) is 10.1. The second-order valence-corrected chi connectivity index (χ2v) is 5.49. The molecule has 1 saturated heterocycles. The fraction of sp³-hybridized carbons (Fsp3) is 0.500. The maximum absolute atomic E-state index is 12.3. The van der Waals surface area contributed by atoms with E-state index in [1.54, 1.807) is 18.2 Å². The van der Waals surface area contributed by atoms with Crippen molar-refractivity contribution in [1.29, 1.82) is 0 Å². The molecule has 5 nitrogen and oxygen atoms in total. The summed E-state index contributed by atoms with van der Waals surface area (Å²) in [5, 5.41) is 12.3. The minimum atomic E-state index is -0.338. The predicted molar refractivity (Wildman–Crippen MR) is 80.0 cm³/mol. The number of benzene rings is 1. The minimum absolute atomic E-state index is 0.0759. The van der Waals surface area contributed by atoms with Crippen molar-refractivity contribution in [3.63, 3.8) is 0 Å². The van der Waals surface area contributed by atoms with Gasteiger partial charge in [0, 0.05) is 6.61 Å². The van der Waals surface area contributed by atoms with E-state index in [1.807, 2.05) is 0 Å². The summed E-state index contributed by atoms with van der Waals surface area (Å²) in [6.07, 6.45) is 0.334. The number of nitrogens with one attached hydrogen (secondary N) is 1. The molecule has 0 unspecified atom stereocenters. The molecule has 0 radical (unpaired) electrons. The highest BCUT2D eigenvalue weighted by atomic mass is 35.5. The van der Waals surface area contributed by atoms with E-state index in [9.17, 15) is 4.79 Å². The van der Waals surface area contributed by atoms with Crippen LogP contribution in [0.3, 0.4) is 0 Å². The molecular weight excluding hydrogens is 317 g/mol. The van der Waals surface area contributed by atoms with E-state index < -0.39 is 0 Å². The maximum atomic E-state index is 12.3. The molecule has 2 rings (SSSR count). The first-order valence-electron chi connectivity index (χ1n) is 6.68. The van der Waals surface area contributed by atoms with Gasteiger partial charge in [-0.15, -0.1) is 0 Å². The van der Waals surface area contributed by atoms with Gasteiger partial charge in [0.05, 0.1) is 41.5 Å². The Labute approximate surface area is 133 Å². The van der Waals surface area contributed by atoms with E-state index in [4.69, 9.17) is 37.8 Å². The van der Waals surface area contributed by atoms with E-state index in [0.717, 1.165) is 0 Å². The SMILES string of the molecule is O=C(N[C@@H]1CCOC[C@H]1OCCO)c1c(Cl)cccc1Cl. The van der Waals surface area contributed by atoms with Crippen LogP contribution in [0, 0.1) is 0 Å². The van der Waals surface area contributed by atoms with Crippen molar-refractivity contribution in [2.45, 2.75) is 18.6 Å². The highest BCUT2D eigenvalue weighted by Crippen LogP contribution is 2.24. The smallest absolute Gasteiger partial charge is 0.254 e. The Morgan fingerprint density at radius 3 is 2.81 bits per heavy atom. The number of aliphatic hydroxyl groups excluding tert-OH is 1. The van der Waals surface area contributed by atoms with E-state index in [-0.39, 0.29) is 36.8 Å². The first kappa shape index (κ1) is 16.5. The van der Waals surface area contributed by atoms with Crippen molar-refractivity contribution >= 4 is 29.1 Å². The Bertz CT molecular complexity index is 478. The number of hydrogen-bond acceptors (Lipinski definition) is 4. The maximum Gasteiger partial charge on any atom is 0.254 e. The zero-order valence-corrected chi connectivity index (χ0v) is 12.9. The fourth-order valence-corrected chi connectivity index (χ4v) is 2.77. The predicted octanol–water partition coefficient (Wildman–Crippen LogP) is 1.89. The van der Waals surface area contributed by atoms with Gasteiger partial charge in [-0.3, -0.25) is 4.79 Å². The molecule has 0 bridgehead atoms. The molecule has 116 valence electrons. The molecule has 1 amide bonds. The van der Waals surface area contributed by atoms with Crippen molar-refractivity contribution in [2.24, 2.45) is 0 Å². The second kappa shape index (κ2) is 7.96. The van der Waals surface area contributed by atoms with Gasteiger partial charge in [0.1, 0.15) is 6.10 Å². The number of carbonyl (C=O) groups is 1. The van der Waals surface area contributed by atoms with Crippen LogP contribution < -0.4 is 5.32 Å². The van der Waals surface area contributed by atoms with Gasteiger partial charge in [-0.1, -0.05) is 29.3 Å². The molecule has 7 heteroatoms.